The predicted octanol–water partition coefficient (Wildman–Crippen LogP) is 4.61. The Hall–Kier alpha value is -1.20. The highest BCUT2D eigenvalue weighted by Gasteiger charge is 2.19. The zero-order valence-electron chi connectivity index (χ0n) is 14.7. The van der Waals surface area contributed by atoms with Gasteiger partial charge in [0.2, 0.25) is 0 Å². The molecule has 1 saturated heterocycles. The summed E-state index contributed by atoms with van der Waals surface area (Å²) < 4.78 is 0. The molecule has 1 aromatic rings. The number of rotatable bonds is 9. The summed E-state index contributed by atoms with van der Waals surface area (Å²) >= 11 is 1.54. The van der Waals surface area contributed by atoms with E-state index < -0.39 is 0 Å². The molecule has 5 heteroatoms. The monoisotopic (exact) mass is 350 g/mol. The molecule has 1 aromatic carbocycles. The van der Waals surface area contributed by atoms with Crippen molar-refractivity contribution in [1.29, 1.82) is 0 Å². The van der Waals surface area contributed by atoms with E-state index in [1.807, 2.05) is 5.48 Å². The highest BCUT2D eigenvalue weighted by Crippen LogP contribution is 2.29. The molecular weight excluding hydrogens is 320 g/mol. The first kappa shape index (κ1) is 19.1. The van der Waals surface area contributed by atoms with Gasteiger partial charge in [0.25, 0.3) is 5.91 Å². The predicted molar refractivity (Wildman–Crippen MR) is 101 cm³/mol. The van der Waals surface area contributed by atoms with Crippen molar-refractivity contribution in [3.05, 3.63) is 24.3 Å². The topological polar surface area (TPSA) is 52.6 Å². The van der Waals surface area contributed by atoms with E-state index in [9.17, 15) is 4.79 Å². The number of piperidine rings is 1. The fourth-order valence-electron chi connectivity index (χ4n) is 3.12. The second-order valence-corrected chi connectivity index (χ2v) is 7.75. The van der Waals surface area contributed by atoms with Gasteiger partial charge in [0, 0.05) is 23.7 Å². The van der Waals surface area contributed by atoms with Crippen molar-refractivity contribution in [3.63, 3.8) is 0 Å². The van der Waals surface area contributed by atoms with Crippen molar-refractivity contribution >= 4 is 23.4 Å². The highest BCUT2D eigenvalue weighted by atomic mass is 32.2. The molecular formula is C19H30N2O2S. The number of nitrogens with zero attached hydrogens (tertiary/aromatic N) is 1. The van der Waals surface area contributed by atoms with Gasteiger partial charge < -0.3 is 4.90 Å². The van der Waals surface area contributed by atoms with Crippen LogP contribution in [-0.4, -0.2) is 29.5 Å². The van der Waals surface area contributed by atoms with Gasteiger partial charge in [-0.3, -0.25) is 10.0 Å². The second-order valence-electron chi connectivity index (χ2n) is 6.47. The molecule has 0 saturated carbocycles. The van der Waals surface area contributed by atoms with E-state index in [1.165, 1.54) is 37.8 Å². The number of amides is 1. The number of carbonyl (C=O) groups excluding carboxylic acids is 1. The van der Waals surface area contributed by atoms with Gasteiger partial charge in [-0.15, -0.1) is 11.8 Å². The zero-order valence-corrected chi connectivity index (χ0v) is 15.5. The Balaban J connectivity index is 1.91. The lowest BCUT2D eigenvalue weighted by atomic mass is 10.1. The van der Waals surface area contributed by atoms with Crippen LogP contribution in [0.15, 0.2) is 29.2 Å². The number of thioether (sulfide) groups is 1. The van der Waals surface area contributed by atoms with Crippen molar-refractivity contribution in [2.24, 2.45) is 0 Å². The van der Waals surface area contributed by atoms with Gasteiger partial charge in [-0.25, -0.2) is 5.48 Å². The van der Waals surface area contributed by atoms with Gasteiger partial charge in [-0.05, 0) is 49.9 Å². The fraction of sp³-hybridized carbons (Fsp3) is 0.632. The van der Waals surface area contributed by atoms with Crippen LogP contribution in [-0.2, 0) is 4.79 Å². The Morgan fingerprint density at radius 1 is 1.17 bits per heavy atom. The third-order valence-corrected chi connectivity index (χ3v) is 5.84. The van der Waals surface area contributed by atoms with E-state index in [4.69, 9.17) is 5.21 Å². The normalized spacial score (nSPS) is 16.0. The lowest BCUT2D eigenvalue weighted by molar-refractivity contribution is -0.128. The van der Waals surface area contributed by atoms with Crippen LogP contribution in [0.25, 0.3) is 0 Å². The van der Waals surface area contributed by atoms with Crippen LogP contribution in [0.2, 0.25) is 0 Å². The van der Waals surface area contributed by atoms with Gasteiger partial charge in [-0.1, -0.05) is 32.6 Å². The first-order valence-corrected chi connectivity index (χ1v) is 10.1. The summed E-state index contributed by atoms with van der Waals surface area (Å²) in [5.41, 5.74) is 3.09. The second kappa shape index (κ2) is 10.6. The summed E-state index contributed by atoms with van der Waals surface area (Å²) in [5.74, 6) is -0.295. The molecule has 1 unspecified atom stereocenters. The minimum Gasteiger partial charge on any atom is -0.372 e. The van der Waals surface area contributed by atoms with E-state index in [0.717, 1.165) is 37.2 Å². The number of carbonyl (C=O) groups is 1. The number of anilines is 1. The Labute approximate surface area is 150 Å². The van der Waals surface area contributed by atoms with E-state index in [2.05, 4.69) is 36.1 Å². The molecule has 1 amide bonds. The summed E-state index contributed by atoms with van der Waals surface area (Å²) in [6.07, 6.45) is 9.21. The molecule has 1 aliphatic heterocycles. The summed E-state index contributed by atoms with van der Waals surface area (Å²) in [5, 5.41) is 8.75. The standard InChI is InChI=1S/C19H30N2O2S/c1-2-3-4-6-9-18(19(22)20-23)24-17-12-10-16(11-13-17)21-14-7-5-8-15-21/h10-13,18,23H,2-9,14-15H2,1H3,(H,20,22). The Bertz CT molecular complexity index is 487. The van der Waals surface area contributed by atoms with Gasteiger partial charge in [-0.2, -0.15) is 0 Å². The van der Waals surface area contributed by atoms with Crippen molar-refractivity contribution in [1.82, 2.24) is 5.48 Å². The molecule has 0 radical (unpaired) electrons. The smallest absolute Gasteiger partial charge is 0.256 e. The van der Waals surface area contributed by atoms with E-state index in [0.29, 0.717) is 0 Å². The summed E-state index contributed by atoms with van der Waals surface area (Å²) in [6, 6.07) is 8.49. The summed E-state index contributed by atoms with van der Waals surface area (Å²) in [7, 11) is 0. The van der Waals surface area contributed by atoms with Crippen LogP contribution in [0.1, 0.15) is 58.3 Å². The van der Waals surface area contributed by atoms with Gasteiger partial charge in [0.1, 0.15) is 0 Å². The summed E-state index contributed by atoms with van der Waals surface area (Å²) in [4.78, 5) is 15.4. The SMILES string of the molecule is CCCCCCC(Sc1ccc(N2CCCCC2)cc1)C(=O)NO. The minimum absolute atomic E-state index is 0.229. The molecule has 1 fully saturated rings. The molecule has 1 aliphatic rings. The van der Waals surface area contributed by atoms with Gasteiger partial charge in [0.15, 0.2) is 0 Å². The number of benzene rings is 1. The van der Waals surface area contributed by atoms with E-state index in [-0.39, 0.29) is 11.2 Å². The number of unbranched alkanes of at least 4 members (excludes halogenated alkanes) is 3. The first-order valence-electron chi connectivity index (χ1n) is 9.20. The molecule has 0 spiro atoms. The van der Waals surface area contributed by atoms with Crippen LogP contribution in [0.4, 0.5) is 5.69 Å². The van der Waals surface area contributed by atoms with Crippen molar-refractivity contribution in [2.45, 2.75) is 68.4 Å². The molecule has 1 atom stereocenters. The Morgan fingerprint density at radius 3 is 2.50 bits per heavy atom. The van der Waals surface area contributed by atoms with Crippen molar-refractivity contribution in [2.75, 3.05) is 18.0 Å². The third kappa shape index (κ3) is 6.02. The number of hydroxylamine groups is 1. The maximum Gasteiger partial charge on any atom is 0.256 e. The van der Waals surface area contributed by atoms with E-state index >= 15 is 0 Å². The van der Waals surface area contributed by atoms with Crippen LogP contribution >= 0.6 is 11.8 Å². The first-order chi connectivity index (χ1) is 11.7. The average Bonchev–Trinajstić information content (AvgIpc) is 2.65. The Kier molecular flexibility index (Phi) is 8.47. The molecule has 0 aliphatic carbocycles. The maximum atomic E-state index is 11.9. The highest BCUT2D eigenvalue weighted by molar-refractivity contribution is 8.00. The Morgan fingerprint density at radius 2 is 1.88 bits per heavy atom. The number of hydrogen-bond donors (Lipinski definition) is 2. The minimum atomic E-state index is -0.295. The largest absolute Gasteiger partial charge is 0.372 e. The van der Waals surface area contributed by atoms with Crippen molar-refractivity contribution in [3.8, 4) is 0 Å². The average molecular weight is 351 g/mol. The molecule has 2 rings (SSSR count). The molecule has 1 heterocycles. The van der Waals surface area contributed by atoms with Gasteiger partial charge in [0.05, 0.1) is 5.25 Å². The molecule has 24 heavy (non-hydrogen) atoms. The molecule has 0 aromatic heterocycles. The third-order valence-electron chi connectivity index (χ3n) is 4.56. The zero-order chi connectivity index (χ0) is 17.2. The number of hydrogen-bond acceptors (Lipinski definition) is 4. The molecule has 4 nitrogen and oxygen atoms in total. The lowest BCUT2D eigenvalue weighted by Crippen LogP contribution is -2.30. The van der Waals surface area contributed by atoms with Crippen LogP contribution in [0.5, 0.6) is 0 Å². The number of nitrogens with one attached hydrogen (secondary N) is 1. The van der Waals surface area contributed by atoms with Crippen LogP contribution < -0.4 is 10.4 Å². The van der Waals surface area contributed by atoms with E-state index in [1.54, 1.807) is 11.8 Å². The quantitative estimate of drug-likeness (QED) is 0.295. The lowest BCUT2D eigenvalue weighted by Gasteiger charge is -2.29. The van der Waals surface area contributed by atoms with Gasteiger partial charge >= 0.3 is 0 Å². The van der Waals surface area contributed by atoms with Crippen molar-refractivity contribution < 1.29 is 10.0 Å². The molecule has 134 valence electrons. The molecule has 0 bridgehead atoms. The maximum absolute atomic E-state index is 11.9. The van der Waals surface area contributed by atoms with Crippen LogP contribution in [0.3, 0.4) is 0 Å². The van der Waals surface area contributed by atoms with Crippen LogP contribution in [0, 0.1) is 0 Å². The fourth-order valence-corrected chi connectivity index (χ4v) is 4.19. The molecule has 2 N–H and O–H groups in total. The summed E-state index contributed by atoms with van der Waals surface area (Å²) in [6.45, 7) is 4.45.